The lowest BCUT2D eigenvalue weighted by atomic mass is 9.59. The monoisotopic (exact) mass is 974 g/mol. The zero-order valence-corrected chi connectivity index (χ0v) is 40.3. The molecule has 17 nitrogen and oxygen atoms in total. The molecule has 0 bridgehead atoms. The number of likely N-dealkylation sites (tertiary alicyclic amines) is 2. The lowest BCUT2D eigenvalue weighted by Gasteiger charge is -2.56. The predicted molar refractivity (Wildman–Crippen MR) is 264 cm³/mol. The first kappa shape index (κ1) is 46.2. The summed E-state index contributed by atoms with van der Waals surface area (Å²) in [6.07, 6.45) is 11.7. The summed E-state index contributed by atoms with van der Waals surface area (Å²) in [6.45, 7) is 9.37. The van der Waals surface area contributed by atoms with Crippen molar-refractivity contribution in [3.8, 4) is 11.5 Å². The van der Waals surface area contributed by atoms with E-state index in [1.165, 1.54) is 49.3 Å². The summed E-state index contributed by atoms with van der Waals surface area (Å²) in [5.41, 5.74) is 2.07. The molecule has 11 rings (SSSR count). The van der Waals surface area contributed by atoms with Gasteiger partial charge in [0.2, 0.25) is 0 Å². The molecule has 1 saturated carbocycles. The van der Waals surface area contributed by atoms with Crippen LogP contribution in [-0.4, -0.2) is 119 Å². The highest BCUT2D eigenvalue weighted by Crippen LogP contribution is 2.54. The number of benzene rings is 3. The number of imidazole rings is 1. The number of sulfonamides is 1. The summed E-state index contributed by atoms with van der Waals surface area (Å²) in [4.78, 5) is 47.3. The first-order valence-electron chi connectivity index (χ1n) is 24.6. The second-order valence-electron chi connectivity index (χ2n) is 20.4. The maximum absolute atomic E-state index is 16.1. The summed E-state index contributed by atoms with van der Waals surface area (Å²) in [5.74, 6) is -0.0928. The van der Waals surface area contributed by atoms with Crippen LogP contribution in [0.3, 0.4) is 0 Å². The number of ether oxygens (including phenoxy) is 2. The van der Waals surface area contributed by atoms with Crippen LogP contribution in [0.4, 0.5) is 21.5 Å². The van der Waals surface area contributed by atoms with Gasteiger partial charge in [0.15, 0.2) is 0 Å². The fraction of sp³-hybridized carbons (Fsp3) is 0.471. The third kappa shape index (κ3) is 8.74. The van der Waals surface area contributed by atoms with Crippen molar-refractivity contribution in [1.82, 2.24) is 34.5 Å². The molecule has 4 aliphatic heterocycles. The molecule has 1 atom stereocenters. The first-order chi connectivity index (χ1) is 33.8. The maximum atomic E-state index is 16.1. The standard InChI is InChI=1S/C51H59FN10O7S/c1-32(2)38-6-3-4-7-39(38)41-8-5-17-61(41)35-25-50(26-35)12-18-59(19-13-50)34-9-10-40(43(23-34)69-37-22-33-11-16-53-48(33)54-27-37)49(63)58-70(66,67)44-24-42(62(64)65)45(47-46(44)56-31-57-47)55-30-51(52)14-20-60(21-15-51)36-28-68-29-36/h3-4,6-7,9-11,16,22-24,27,31-32,35-36,41,55H,5,8,12-15,17-21,25-26,28-30H2,1-2H3,(H,53,54)(H,56,57)(H,58,63)/t41-/m0/s1. The molecule has 1 spiro atoms. The van der Waals surface area contributed by atoms with Gasteiger partial charge in [-0.3, -0.25) is 24.7 Å². The molecular weight excluding hydrogens is 916 g/mol. The van der Waals surface area contributed by atoms with Gasteiger partial charge >= 0.3 is 0 Å². The summed E-state index contributed by atoms with van der Waals surface area (Å²) in [5, 5.41) is 16.3. The van der Waals surface area contributed by atoms with Crippen molar-refractivity contribution in [2.45, 2.75) is 99.8 Å². The van der Waals surface area contributed by atoms with Crippen LogP contribution in [0, 0.1) is 15.5 Å². The zero-order valence-electron chi connectivity index (χ0n) is 39.5. The molecule has 1 amide bonds. The van der Waals surface area contributed by atoms with Crippen molar-refractivity contribution in [2.24, 2.45) is 5.41 Å². The van der Waals surface area contributed by atoms with E-state index in [0.717, 1.165) is 49.6 Å². The Morgan fingerprint density at radius 1 is 0.986 bits per heavy atom. The number of hydrogen-bond donors (Lipinski definition) is 4. The normalized spacial score (nSPS) is 21.0. The van der Waals surface area contributed by atoms with Crippen LogP contribution in [0.1, 0.15) is 98.7 Å². The number of anilines is 2. The van der Waals surface area contributed by atoms with E-state index in [1.807, 2.05) is 6.07 Å². The van der Waals surface area contributed by atoms with Crippen molar-refractivity contribution in [1.29, 1.82) is 0 Å². The molecule has 70 heavy (non-hydrogen) atoms. The van der Waals surface area contributed by atoms with E-state index in [9.17, 15) is 23.3 Å². The number of H-pyrrole nitrogens is 2. The van der Waals surface area contributed by atoms with Crippen molar-refractivity contribution in [3.63, 3.8) is 0 Å². The van der Waals surface area contributed by atoms with Crippen LogP contribution in [0.2, 0.25) is 0 Å². The molecule has 3 aromatic carbocycles. The lowest BCUT2D eigenvalue weighted by Crippen LogP contribution is -2.55. The number of nitro groups is 1. The van der Waals surface area contributed by atoms with Gasteiger partial charge in [0.25, 0.3) is 21.6 Å². The van der Waals surface area contributed by atoms with E-state index < -0.39 is 37.1 Å². The molecule has 3 aromatic heterocycles. The first-order valence-corrected chi connectivity index (χ1v) is 26.0. The molecule has 19 heteroatoms. The van der Waals surface area contributed by atoms with Crippen molar-refractivity contribution >= 4 is 55.1 Å². The fourth-order valence-corrected chi connectivity index (χ4v) is 12.9. The number of fused-ring (bicyclic) bond motifs is 2. The number of piperidine rings is 2. The Hall–Kier alpha value is -6.15. The Bertz CT molecular complexity index is 3060. The van der Waals surface area contributed by atoms with Crippen LogP contribution >= 0.6 is 0 Å². The van der Waals surface area contributed by atoms with Gasteiger partial charge in [0.05, 0.1) is 47.8 Å². The number of halogens is 1. The Kier molecular flexibility index (Phi) is 12.0. The number of carbonyl (C=O) groups is 1. The molecule has 5 aliphatic rings. The number of nitro benzene ring substituents is 1. The Morgan fingerprint density at radius 2 is 1.77 bits per heavy atom. The lowest BCUT2D eigenvalue weighted by molar-refractivity contribution is -0.384. The molecule has 0 unspecified atom stereocenters. The van der Waals surface area contributed by atoms with Crippen LogP contribution in [0.5, 0.6) is 11.5 Å². The van der Waals surface area contributed by atoms with Gasteiger partial charge in [-0.05, 0) is 105 Å². The number of pyridine rings is 1. The molecule has 4 saturated heterocycles. The van der Waals surface area contributed by atoms with E-state index in [-0.39, 0.29) is 58.9 Å². The van der Waals surface area contributed by atoms with Crippen LogP contribution in [0.25, 0.3) is 22.1 Å². The largest absolute Gasteiger partial charge is 0.455 e. The van der Waals surface area contributed by atoms with Crippen molar-refractivity contribution in [3.05, 3.63) is 106 Å². The smallest absolute Gasteiger partial charge is 0.296 e. The molecule has 368 valence electrons. The zero-order chi connectivity index (χ0) is 48.4. The highest BCUT2D eigenvalue weighted by Gasteiger charge is 2.50. The Morgan fingerprint density at radius 3 is 2.51 bits per heavy atom. The van der Waals surface area contributed by atoms with Gasteiger partial charge in [-0.25, -0.2) is 27.5 Å². The molecule has 1 aliphatic carbocycles. The summed E-state index contributed by atoms with van der Waals surface area (Å²) < 4.78 is 58.4. The average molecular weight is 975 g/mol. The average Bonchev–Trinajstić information content (AvgIpc) is 4.12. The summed E-state index contributed by atoms with van der Waals surface area (Å²) in [6, 6.07) is 19.8. The predicted octanol–water partition coefficient (Wildman–Crippen LogP) is 8.58. The van der Waals surface area contributed by atoms with E-state index >= 15 is 4.39 Å². The number of aromatic nitrogens is 4. The Labute approximate surface area is 405 Å². The summed E-state index contributed by atoms with van der Waals surface area (Å²) in [7, 11) is -4.81. The topological polar surface area (TPSA) is 204 Å². The van der Waals surface area contributed by atoms with E-state index in [2.05, 4.69) is 82.8 Å². The van der Waals surface area contributed by atoms with Gasteiger partial charge in [0.1, 0.15) is 38.9 Å². The minimum atomic E-state index is -4.81. The van der Waals surface area contributed by atoms with Gasteiger partial charge in [-0.15, -0.1) is 0 Å². The fourth-order valence-electron chi connectivity index (χ4n) is 11.8. The SMILES string of the molecule is CC(C)c1ccccc1[C@@H]1CCCN1C1CC2(CCN(c3ccc(C(=O)NS(=O)(=O)c4cc([N+](=O)[O-])c(NCC5(F)CCN(C6COC6)CC5)c5[nH]cnc45)c(Oc4cnc5[nH]ccc5c4)c3)CC2)C1. The van der Waals surface area contributed by atoms with Crippen LogP contribution in [0.15, 0.2) is 84.3 Å². The minimum Gasteiger partial charge on any atom is -0.455 e. The third-order valence-electron chi connectivity index (χ3n) is 15.9. The van der Waals surface area contributed by atoms with Gasteiger partial charge in [0, 0.05) is 74.2 Å². The number of alkyl halides is 1. The van der Waals surface area contributed by atoms with Crippen LogP contribution < -0.4 is 19.7 Å². The molecule has 0 radical (unpaired) electrons. The van der Waals surface area contributed by atoms with Gasteiger partial charge in [-0.1, -0.05) is 38.1 Å². The minimum absolute atomic E-state index is 0.0101. The van der Waals surface area contributed by atoms with Crippen molar-refractivity contribution in [2.75, 3.05) is 62.7 Å². The van der Waals surface area contributed by atoms with Gasteiger partial charge in [-0.2, -0.15) is 0 Å². The molecule has 6 aromatic rings. The second kappa shape index (κ2) is 18.2. The highest BCUT2D eigenvalue weighted by atomic mass is 32.2. The number of rotatable bonds is 14. The number of aromatic amines is 2. The second-order valence-corrected chi connectivity index (χ2v) is 22.1. The summed E-state index contributed by atoms with van der Waals surface area (Å²) >= 11 is 0. The van der Waals surface area contributed by atoms with Crippen LogP contribution in [-0.2, 0) is 14.8 Å². The highest BCUT2D eigenvalue weighted by molar-refractivity contribution is 7.90. The molecule has 5 fully saturated rings. The number of nitrogens with zero attached hydrogens (tertiary/aromatic N) is 6. The van der Waals surface area contributed by atoms with Crippen molar-refractivity contribution < 1.29 is 32.0 Å². The molecule has 4 N–H and O–H groups in total. The molecule has 7 heterocycles. The number of hydrogen-bond acceptors (Lipinski definition) is 13. The third-order valence-corrected chi connectivity index (χ3v) is 17.2. The number of nitrogens with one attached hydrogen (secondary N) is 4. The molecular formula is C51H59FN10O7S. The Balaban J connectivity index is 0.810. The van der Waals surface area contributed by atoms with E-state index in [4.69, 9.17) is 9.47 Å². The van der Waals surface area contributed by atoms with E-state index in [0.29, 0.717) is 55.7 Å². The quantitative estimate of drug-likeness (QED) is 0.0597. The van der Waals surface area contributed by atoms with Gasteiger partial charge < -0.3 is 29.7 Å². The number of carbonyl (C=O) groups excluding carboxylic acids is 1. The number of amides is 1. The maximum Gasteiger partial charge on any atom is 0.296 e. The van der Waals surface area contributed by atoms with E-state index in [1.54, 1.807) is 30.5 Å².